The monoisotopic (exact) mass is 186 g/mol. The van der Waals surface area contributed by atoms with Crippen LogP contribution in [0.5, 0.6) is 0 Å². The predicted molar refractivity (Wildman–Crippen MR) is 45.8 cm³/mol. The summed E-state index contributed by atoms with van der Waals surface area (Å²) in [4.78, 5) is 11.2. The van der Waals surface area contributed by atoms with Crippen LogP contribution in [0.25, 0.3) is 0 Å². The molecule has 0 aliphatic heterocycles. The molecule has 4 heteroatoms. The molecule has 0 amide bonds. The molecule has 3 atom stereocenters. The fourth-order valence-electron chi connectivity index (χ4n) is 1.60. The Bertz CT molecular complexity index is 212. The molecule has 1 aliphatic rings. The van der Waals surface area contributed by atoms with Crippen LogP contribution in [-0.2, 0) is 9.53 Å². The first-order valence-corrected chi connectivity index (χ1v) is 4.24. The average Bonchev–Trinajstić information content (AvgIpc) is 2.63. The molecule has 3 unspecified atom stereocenters. The van der Waals surface area contributed by atoms with Gasteiger partial charge in [0.25, 0.3) is 0 Å². The van der Waals surface area contributed by atoms with Crippen molar-refractivity contribution in [2.24, 2.45) is 11.8 Å². The lowest BCUT2D eigenvalue weighted by atomic mass is 9.91. The Hall–Kier alpha value is -0.870. The summed E-state index contributed by atoms with van der Waals surface area (Å²) in [6.07, 6.45) is 3.28. The SMILES string of the molecule is COC(=O)C1CC=CC1C(O)CO. The number of aliphatic hydroxyl groups excluding tert-OH is 2. The van der Waals surface area contributed by atoms with Crippen molar-refractivity contribution in [3.63, 3.8) is 0 Å². The second-order valence-corrected chi connectivity index (χ2v) is 3.12. The summed E-state index contributed by atoms with van der Waals surface area (Å²) in [5.74, 6) is -0.980. The van der Waals surface area contributed by atoms with Gasteiger partial charge in [0, 0.05) is 5.92 Å². The van der Waals surface area contributed by atoms with E-state index in [1.54, 1.807) is 6.08 Å². The first-order valence-electron chi connectivity index (χ1n) is 4.24. The smallest absolute Gasteiger partial charge is 0.309 e. The molecule has 0 fully saturated rings. The van der Waals surface area contributed by atoms with E-state index in [1.165, 1.54) is 7.11 Å². The first-order chi connectivity index (χ1) is 6.20. The van der Waals surface area contributed by atoms with Crippen LogP contribution in [0.4, 0.5) is 0 Å². The summed E-state index contributed by atoms with van der Waals surface area (Å²) in [5.41, 5.74) is 0. The average molecular weight is 186 g/mol. The van der Waals surface area contributed by atoms with Crippen LogP contribution < -0.4 is 0 Å². The molecule has 13 heavy (non-hydrogen) atoms. The molecule has 0 aromatic heterocycles. The van der Waals surface area contributed by atoms with Crippen molar-refractivity contribution < 1.29 is 19.7 Å². The van der Waals surface area contributed by atoms with Gasteiger partial charge < -0.3 is 14.9 Å². The fourth-order valence-corrected chi connectivity index (χ4v) is 1.60. The van der Waals surface area contributed by atoms with Crippen LogP contribution in [0, 0.1) is 11.8 Å². The van der Waals surface area contributed by atoms with Crippen molar-refractivity contribution >= 4 is 5.97 Å². The number of carbonyl (C=O) groups excluding carboxylic acids is 1. The fraction of sp³-hybridized carbons (Fsp3) is 0.667. The van der Waals surface area contributed by atoms with Crippen LogP contribution in [-0.4, -0.2) is 36.0 Å². The van der Waals surface area contributed by atoms with E-state index in [2.05, 4.69) is 4.74 Å². The molecular weight excluding hydrogens is 172 g/mol. The Balaban J connectivity index is 2.62. The van der Waals surface area contributed by atoms with Crippen LogP contribution in [0.1, 0.15) is 6.42 Å². The van der Waals surface area contributed by atoms with Crippen LogP contribution in [0.15, 0.2) is 12.2 Å². The highest BCUT2D eigenvalue weighted by atomic mass is 16.5. The van der Waals surface area contributed by atoms with Gasteiger partial charge in [-0.15, -0.1) is 0 Å². The van der Waals surface area contributed by atoms with Crippen LogP contribution in [0.3, 0.4) is 0 Å². The molecule has 0 radical (unpaired) electrons. The second kappa shape index (κ2) is 4.39. The number of rotatable bonds is 3. The molecule has 0 saturated carbocycles. The molecule has 74 valence electrons. The molecule has 2 N–H and O–H groups in total. The van der Waals surface area contributed by atoms with E-state index in [1.807, 2.05) is 6.08 Å². The molecular formula is C9H14O4. The third-order valence-corrected chi connectivity index (χ3v) is 2.35. The minimum absolute atomic E-state index is 0.308. The molecule has 0 heterocycles. The molecule has 0 bridgehead atoms. The summed E-state index contributed by atoms with van der Waals surface area (Å²) >= 11 is 0. The van der Waals surface area contributed by atoms with Crippen molar-refractivity contribution in [3.05, 3.63) is 12.2 Å². The maximum Gasteiger partial charge on any atom is 0.309 e. The minimum atomic E-state index is -0.872. The summed E-state index contributed by atoms with van der Waals surface area (Å²) in [7, 11) is 1.32. The van der Waals surface area contributed by atoms with Crippen molar-refractivity contribution in [1.82, 2.24) is 0 Å². The van der Waals surface area contributed by atoms with Gasteiger partial charge in [0.05, 0.1) is 25.7 Å². The van der Waals surface area contributed by atoms with E-state index in [4.69, 9.17) is 5.11 Å². The highest BCUT2D eigenvalue weighted by Gasteiger charge is 2.34. The Kier molecular flexibility index (Phi) is 3.45. The summed E-state index contributed by atoms with van der Waals surface area (Å²) < 4.78 is 4.59. The van der Waals surface area contributed by atoms with Gasteiger partial charge in [0.15, 0.2) is 0 Å². The number of aliphatic hydroxyl groups is 2. The van der Waals surface area contributed by atoms with Crippen molar-refractivity contribution in [3.8, 4) is 0 Å². The zero-order valence-corrected chi connectivity index (χ0v) is 7.51. The first kappa shape index (κ1) is 10.2. The number of hydrogen-bond donors (Lipinski definition) is 2. The zero-order chi connectivity index (χ0) is 9.84. The molecule has 0 aromatic carbocycles. The lowest BCUT2D eigenvalue weighted by molar-refractivity contribution is -0.148. The third kappa shape index (κ3) is 2.08. The van der Waals surface area contributed by atoms with E-state index in [0.29, 0.717) is 6.42 Å². The summed E-state index contributed by atoms with van der Waals surface area (Å²) in [6.45, 7) is -0.331. The summed E-state index contributed by atoms with van der Waals surface area (Å²) in [5, 5.41) is 18.1. The number of allylic oxidation sites excluding steroid dienone is 1. The number of methoxy groups -OCH3 is 1. The molecule has 1 rings (SSSR count). The normalized spacial score (nSPS) is 28.8. The van der Waals surface area contributed by atoms with Gasteiger partial charge in [-0.05, 0) is 6.42 Å². The Labute approximate surface area is 76.8 Å². The van der Waals surface area contributed by atoms with E-state index < -0.39 is 6.10 Å². The van der Waals surface area contributed by atoms with Crippen molar-refractivity contribution in [1.29, 1.82) is 0 Å². The van der Waals surface area contributed by atoms with Gasteiger partial charge in [-0.25, -0.2) is 0 Å². The van der Waals surface area contributed by atoms with E-state index >= 15 is 0 Å². The van der Waals surface area contributed by atoms with Crippen molar-refractivity contribution in [2.75, 3.05) is 13.7 Å². The second-order valence-electron chi connectivity index (χ2n) is 3.12. The number of hydrogen-bond acceptors (Lipinski definition) is 4. The summed E-state index contributed by atoms with van der Waals surface area (Å²) in [6, 6.07) is 0. The van der Waals surface area contributed by atoms with Gasteiger partial charge >= 0.3 is 5.97 Å². The van der Waals surface area contributed by atoms with Crippen LogP contribution in [0.2, 0.25) is 0 Å². The largest absolute Gasteiger partial charge is 0.469 e. The van der Waals surface area contributed by atoms with Gasteiger partial charge in [0.1, 0.15) is 0 Å². The molecule has 4 nitrogen and oxygen atoms in total. The zero-order valence-electron chi connectivity index (χ0n) is 7.51. The predicted octanol–water partition coefficient (Wildman–Crippen LogP) is -0.295. The highest BCUT2D eigenvalue weighted by molar-refractivity contribution is 5.73. The van der Waals surface area contributed by atoms with E-state index in [0.717, 1.165) is 0 Å². The number of ether oxygens (including phenoxy) is 1. The van der Waals surface area contributed by atoms with Gasteiger partial charge in [-0.2, -0.15) is 0 Å². The van der Waals surface area contributed by atoms with Crippen LogP contribution >= 0.6 is 0 Å². The lowest BCUT2D eigenvalue weighted by Gasteiger charge is -2.20. The molecule has 0 aromatic rings. The van der Waals surface area contributed by atoms with Gasteiger partial charge in [-0.3, -0.25) is 4.79 Å². The number of esters is 1. The Morgan fingerprint density at radius 3 is 3.00 bits per heavy atom. The quantitative estimate of drug-likeness (QED) is 0.469. The van der Waals surface area contributed by atoms with Crippen molar-refractivity contribution in [2.45, 2.75) is 12.5 Å². The van der Waals surface area contributed by atoms with E-state index in [-0.39, 0.29) is 24.4 Å². The molecule has 0 saturated heterocycles. The standard InChI is InChI=1S/C9H14O4/c1-13-9(12)7-4-2-3-6(7)8(11)5-10/h2-3,6-8,10-11H,4-5H2,1H3. The Morgan fingerprint density at radius 1 is 1.77 bits per heavy atom. The topological polar surface area (TPSA) is 66.8 Å². The van der Waals surface area contributed by atoms with Gasteiger partial charge in [0.2, 0.25) is 0 Å². The maximum absolute atomic E-state index is 11.2. The molecule has 1 aliphatic carbocycles. The minimum Gasteiger partial charge on any atom is -0.469 e. The Morgan fingerprint density at radius 2 is 2.46 bits per heavy atom. The maximum atomic E-state index is 11.2. The lowest BCUT2D eigenvalue weighted by Crippen LogP contribution is -2.31. The van der Waals surface area contributed by atoms with Gasteiger partial charge in [-0.1, -0.05) is 12.2 Å². The highest BCUT2D eigenvalue weighted by Crippen LogP contribution is 2.28. The molecule has 0 spiro atoms. The van der Waals surface area contributed by atoms with E-state index in [9.17, 15) is 9.90 Å². The third-order valence-electron chi connectivity index (χ3n) is 2.35. The number of carbonyl (C=O) groups is 1.